The number of halogens is 2. The lowest BCUT2D eigenvalue weighted by atomic mass is 10.0. The Hall–Kier alpha value is -1.36. The van der Waals surface area contributed by atoms with Crippen LogP contribution in [0.1, 0.15) is 26.7 Å². The van der Waals surface area contributed by atoms with Gasteiger partial charge in [-0.3, -0.25) is 0 Å². The minimum atomic E-state index is -2.77. The topological polar surface area (TPSA) is 24.5 Å². The highest BCUT2D eigenvalue weighted by atomic mass is 19.3. The fraction of sp³-hybridized carbons (Fsp3) is 0.600. The van der Waals surface area contributed by atoms with Gasteiger partial charge in [0.25, 0.3) is 0 Å². The molecular formula is C15H22F2N2O. The van der Waals surface area contributed by atoms with Crippen LogP contribution < -0.4 is 10.1 Å². The number of ether oxygens (including phenoxy) is 1. The predicted octanol–water partition coefficient (Wildman–Crippen LogP) is 3.57. The number of hydrogen-bond donors (Lipinski definition) is 1. The molecule has 0 aromatic heterocycles. The third-order valence-corrected chi connectivity index (χ3v) is 3.71. The predicted molar refractivity (Wildman–Crippen MR) is 76.4 cm³/mol. The number of rotatable bonds is 5. The average molecular weight is 284 g/mol. The summed E-state index contributed by atoms with van der Waals surface area (Å²) in [6, 6.07) is 7.75. The van der Waals surface area contributed by atoms with E-state index >= 15 is 0 Å². The van der Waals surface area contributed by atoms with Crippen molar-refractivity contribution in [1.82, 2.24) is 4.90 Å². The van der Waals surface area contributed by atoms with Gasteiger partial charge in [-0.05, 0) is 51.0 Å². The first-order chi connectivity index (χ1) is 9.54. The minimum Gasteiger partial charge on any atom is -0.435 e. The van der Waals surface area contributed by atoms with Crippen LogP contribution in [0.15, 0.2) is 24.3 Å². The molecule has 0 aliphatic carbocycles. The molecule has 1 fully saturated rings. The second kappa shape index (κ2) is 6.88. The molecule has 2 rings (SSSR count). The van der Waals surface area contributed by atoms with Gasteiger partial charge in [-0.1, -0.05) is 0 Å². The molecule has 1 aromatic rings. The first-order valence-electron chi connectivity index (χ1n) is 7.10. The molecule has 1 N–H and O–H groups in total. The van der Waals surface area contributed by atoms with Gasteiger partial charge in [-0.2, -0.15) is 8.78 Å². The van der Waals surface area contributed by atoms with Gasteiger partial charge in [0, 0.05) is 30.9 Å². The molecule has 112 valence electrons. The van der Waals surface area contributed by atoms with Gasteiger partial charge < -0.3 is 15.0 Å². The lowest BCUT2D eigenvalue weighted by molar-refractivity contribution is -0.0498. The molecule has 0 spiro atoms. The number of nitrogens with one attached hydrogen (secondary N) is 1. The monoisotopic (exact) mass is 284 g/mol. The van der Waals surface area contributed by atoms with Crippen molar-refractivity contribution in [2.24, 2.45) is 0 Å². The highest BCUT2D eigenvalue weighted by molar-refractivity contribution is 5.47. The largest absolute Gasteiger partial charge is 0.435 e. The third kappa shape index (κ3) is 4.34. The number of alkyl halides is 2. The van der Waals surface area contributed by atoms with Crippen LogP contribution in [0.3, 0.4) is 0 Å². The Morgan fingerprint density at radius 1 is 1.15 bits per heavy atom. The zero-order valence-corrected chi connectivity index (χ0v) is 12.0. The maximum atomic E-state index is 12.1. The van der Waals surface area contributed by atoms with E-state index in [0.29, 0.717) is 12.1 Å². The van der Waals surface area contributed by atoms with E-state index < -0.39 is 6.61 Å². The summed E-state index contributed by atoms with van der Waals surface area (Å²) >= 11 is 0. The Bertz CT molecular complexity index is 401. The molecule has 0 saturated carbocycles. The van der Waals surface area contributed by atoms with Crippen LogP contribution in [0, 0.1) is 0 Å². The lowest BCUT2D eigenvalue weighted by Gasteiger charge is -2.35. The number of likely N-dealkylation sites (tertiary alicyclic amines) is 1. The molecule has 1 aromatic carbocycles. The first kappa shape index (κ1) is 15.0. The van der Waals surface area contributed by atoms with Crippen molar-refractivity contribution in [1.29, 1.82) is 0 Å². The van der Waals surface area contributed by atoms with Crippen LogP contribution >= 0.6 is 0 Å². The van der Waals surface area contributed by atoms with Gasteiger partial charge in [0.1, 0.15) is 5.75 Å². The number of hydrogen-bond acceptors (Lipinski definition) is 3. The Morgan fingerprint density at radius 3 is 2.25 bits per heavy atom. The van der Waals surface area contributed by atoms with Crippen molar-refractivity contribution in [3.63, 3.8) is 0 Å². The Labute approximate surface area is 118 Å². The van der Waals surface area contributed by atoms with E-state index in [1.807, 2.05) is 0 Å². The van der Waals surface area contributed by atoms with Crippen molar-refractivity contribution >= 4 is 5.69 Å². The number of nitrogens with zero attached hydrogens (tertiary/aromatic N) is 1. The quantitative estimate of drug-likeness (QED) is 0.894. The Balaban J connectivity index is 1.82. The maximum absolute atomic E-state index is 12.1. The first-order valence-corrected chi connectivity index (χ1v) is 7.10. The smallest absolute Gasteiger partial charge is 0.387 e. The molecule has 1 saturated heterocycles. The molecule has 1 aliphatic rings. The van der Waals surface area contributed by atoms with E-state index in [1.165, 1.54) is 0 Å². The molecule has 0 bridgehead atoms. The molecule has 3 nitrogen and oxygen atoms in total. The van der Waals surface area contributed by atoms with E-state index in [0.717, 1.165) is 31.6 Å². The van der Waals surface area contributed by atoms with Gasteiger partial charge in [-0.25, -0.2) is 0 Å². The van der Waals surface area contributed by atoms with Gasteiger partial charge in [0.05, 0.1) is 0 Å². The second-order valence-electron chi connectivity index (χ2n) is 5.45. The number of anilines is 1. The molecule has 20 heavy (non-hydrogen) atoms. The summed E-state index contributed by atoms with van der Waals surface area (Å²) in [6.45, 7) is 3.86. The third-order valence-electron chi connectivity index (χ3n) is 3.71. The lowest BCUT2D eigenvalue weighted by Crippen LogP contribution is -2.42. The van der Waals surface area contributed by atoms with E-state index in [4.69, 9.17) is 0 Å². The van der Waals surface area contributed by atoms with E-state index in [2.05, 4.69) is 28.8 Å². The van der Waals surface area contributed by atoms with E-state index in [9.17, 15) is 8.78 Å². The highest BCUT2D eigenvalue weighted by Crippen LogP contribution is 2.21. The summed E-state index contributed by atoms with van der Waals surface area (Å²) in [5.74, 6) is 0.195. The number of benzene rings is 1. The molecule has 0 atom stereocenters. The van der Waals surface area contributed by atoms with Gasteiger partial charge >= 0.3 is 6.61 Å². The van der Waals surface area contributed by atoms with Crippen LogP contribution in [-0.2, 0) is 0 Å². The fourth-order valence-corrected chi connectivity index (χ4v) is 2.53. The molecule has 1 aliphatic heterocycles. The van der Waals surface area contributed by atoms with Crippen molar-refractivity contribution in [3.05, 3.63) is 24.3 Å². The van der Waals surface area contributed by atoms with Crippen molar-refractivity contribution < 1.29 is 13.5 Å². The normalized spacial score (nSPS) is 17.7. The highest BCUT2D eigenvalue weighted by Gasteiger charge is 2.20. The molecule has 0 amide bonds. The van der Waals surface area contributed by atoms with Crippen LogP contribution in [-0.4, -0.2) is 36.7 Å². The maximum Gasteiger partial charge on any atom is 0.387 e. The summed E-state index contributed by atoms with van der Waals surface area (Å²) in [5.41, 5.74) is 0.953. The fourth-order valence-electron chi connectivity index (χ4n) is 2.53. The average Bonchev–Trinajstić information content (AvgIpc) is 2.41. The molecular weight excluding hydrogens is 262 g/mol. The molecule has 5 heteroatoms. The van der Waals surface area contributed by atoms with E-state index in [-0.39, 0.29) is 5.75 Å². The summed E-state index contributed by atoms with van der Waals surface area (Å²) < 4.78 is 28.4. The zero-order valence-electron chi connectivity index (χ0n) is 12.0. The Kier molecular flexibility index (Phi) is 5.17. The molecule has 0 radical (unpaired) electrons. The van der Waals surface area contributed by atoms with Gasteiger partial charge in [0.2, 0.25) is 0 Å². The standard InChI is InChI=1S/C15H22F2N2O/c1-11(2)19-9-7-13(8-10-19)18-12-3-5-14(6-4-12)20-15(16)17/h3-6,11,13,15,18H,7-10H2,1-2H3. The van der Waals surface area contributed by atoms with E-state index in [1.54, 1.807) is 24.3 Å². The summed E-state index contributed by atoms with van der Waals surface area (Å²) in [4.78, 5) is 2.47. The van der Waals surface area contributed by atoms with Gasteiger partial charge in [-0.15, -0.1) is 0 Å². The summed E-state index contributed by atoms with van der Waals surface area (Å²) in [7, 11) is 0. The van der Waals surface area contributed by atoms with Gasteiger partial charge in [0.15, 0.2) is 0 Å². The molecule has 1 heterocycles. The van der Waals surface area contributed by atoms with Crippen LogP contribution in [0.2, 0.25) is 0 Å². The number of piperidine rings is 1. The summed E-state index contributed by atoms with van der Waals surface area (Å²) in [5, 5.41) is 3.45. The van der Waals surface area contributed by atoms with Crippen LogP contribution in [0.4, 0.5) is 14.5 Å². The van der Waals surface area contributed by atoms with Crippen molar-refractivity contribution in [3.8, 4) is 5.75 Å². The SMILES string of the molecule is CC(C)N1CCC(Nc2ccc(OC(F)F)cc2)CC1. The van der Waals surface area contributed by atoms with Crippen LogP contribution in [0.5, 0.6) is 5.75 Å². The van der Waals surface area contributed by atoms with Crippen molar-refractivity contribution in [2.45, 2.75) is 45.4 Å². The second-order valence-corrected chi connectivity index (χ2v) is 5.45. The molecule has 0 unspecified atom stereocenters. The summed E-state index contributed by atoms with van der Waals surface area (Å²) in [6.07, 6.45) is 2.21. The zero-order chi connectivity index (χ0) is 14.5. The van der Waals surface area contributed by atoms with Crippen molar-refractivity contribution in [2.75, 3.05) is 18.4 Å². The minimum absolute atomic E-state index is 0.195. The Morgan fingerprint density at radius 2 is 1.75 bits per heavy atom. The van der Waals surface area contributed by atoms with Crippen LogP contribution in [0.25, 0.3) is 0 Å².